The summed E-state index contributed by atoms with van der Waals surface area (Å²) in [5.74, 6) is 1.11. The van der Waals surface area contributed by atoms with Crippen molar-refractivity contribution in [1.29, 1.82) is 0 Å². The van der Waals surface area contributed by atoms with Crippen molar-refractivity contribution < 1.29 is 4.79 Å². The Labute approximate surface area is 141 Å². The van der Waals surface area contributed by atoms with Crippen LogP contribution in [0.5, 0.6) is 0 Å². The molecule has 1 aliphatic heterocycles. The van der Waals surface area contributed by atoms with Gasteiger partial charge in [0.1, 0.15) is 5.82 Å². The molecule has 24 heavy (non-hydrogen) atoms. The Hall–Kier alpha value is -2.83. The van der Waals surface area contributed by atoms with E-state index < -0.39 is 0 Å². The van der Waals surface area contributed by atoms with Gasteiger partial charge in [0.25, 0.3) is 0 Å². The zero-order chi connectivity index (χ0) is 17.1. The number of nitrogens with zero attached hydrogens (tertiary/aromatic N) is 4. The number of carbonyl (C=O) groups is 1. The summed E-state index contributed by atoms with van der Waals surface area (Å²) in [5, 5.41) is 3.15. The van der Waals surface area contributed by atoms with Crippen LogP contribution < -0.4 is 16.0 Å². The molecule has 0 aliphatic carbocycles. The number of aryl methyl sites for hydroxylation is 1. The van der Waals surface area contributed by atoms with E-state index >= 15 is 0 Å². The standard InChI is InChI=1S/C17H22N6O/c1-12-11-19-17(21-16(12)18)20-14-3-5-15(6-4-14)23-9-7-22(8-10-23)13(2)24/h3-6,11H,7-10H2,1-2H3,(H3,18,19,20,21). The van der Waals surface area contributed by atoms with Gasteiger partial charge in [0.2, 0.25) is 11.9 Å². The lowest BCUT2D eigenvalue weighted by atomic mass is 10.2. The predicted molar refractivity (Wildman–Crippen MR) is 95.4 cm³/mol. The SMILES string of the molecule is CC(=O)N1CCN(c2ccc(Nc3ncc(C)c(N)n3)cc2)CC1. The summed E-state index contributed by atoms with van der Waals surface area (Å²) in [7, 11) is 0. The molecular weight excluding hydrogens is 304 g/mol. The molecule has 0 saturated carbocycles. The minimum absolute atomic E-state index is 0.145. The van der Waals surface area contributed by atoms with Crippen LogP contribution in [-0.2, 0) is 4.79 Å². The van der Waals surface area contributed by atoms with Gasteiger partial charge in [0.05, 0.1) is 0 Å². The zero-order valence-corrected chi connectivity index (χ0v) is 14.0. The van der Waals surface area contributed by atoms with E-state index in [-0.39, 0.29) is 5.91 Å². The molecule has 0 bridgehead atoms. The number of benzene rings is 1. The van der Waals surface area contributed by atoms with Gasteiger partial charge in [0, 0.05) is 56.2 Å². The molecule has 2 heterocycles. The Morgan fingerprint density at radius 1 is 1.17 bits per heavy atom. The number of aromatic nitrogens is 2. The molecule has 1 aliphatic rings. The normalized spacial score (nSPS) is 14.6. The predicted octanol–water partition coefficient (Wildman–Crippen LogP) is 1.78. The first kappa shape index (κ1) is 16.0. The Morgan fingerprint density at radius 2 is 1.83 bits per heavy atom. The van der Waals surface area contributed by atoms with E-state index in [4.69, 9.17) is 5.73 Å². The van der Waals surface area contributed by atoms with Crippen molar-refractivity contribution in [3.05, 3.63) is 36.0 Å². The van der Waals surface area contributed by atoms with Crippen molar-refractivity contribution in [2.24, 2.45) is 0 Å². The Bertz CT molecular complexity index is 722. The van der Waals surface area contributed by atoms with Crippen LogP contribution in [-0.4, -0.2) is 47.0 Å². The van der Waals surface area contributed by atoms with Gasteiger partial charge < -0.3 is 20.9 Å². The van der Waals surface area contributed by atoms with Crippen molar-refractivity contribution in [1.82, 2.24) is 14.9 Å². The number of amides is 1. The molecule has 0 unspecified atom stereocenters. The molecule has 1 fully saturated rings. The summed E-state index contributed by atoms with van der Waals surface area (Å²) < 4.78 is 0. The van der Waals surface area contributed by atoms with Crippen LogP contribution in [0, 0.1) is 6.92 Å². The van der Waals surface area contributed by atoms with E-state index in [1.165, 1.54) is 0 Å². The average molecular weight is 326 g/mol. The Balaban J connectivity index is 1.63. The van der Waals surface area contributed by atoms with Crippen LogP contribution in [0.15, 0.2) is 30.5 Å². The smallest absolute Gasteiger partial charge is 0.229 e. The second-order valence-corrected chi connectivity index (χ2v) is 5.93. The molecule has 2 aromatic rings. The Morgan fingerprint density at radius 3 is 2.42 bits per heavy atom. The van der Waals surface area contributed by atoms with Gasteiger partial charge >= 0.3 is 0 Å². The lowest BCUT2D eigenvalue weighted by Crippen LogP contribution is -2.48. The monoisotopic (exact) mass is 326 g/mol. The average Bonchev–Trinajstić information content (AvgIpc) is 2.59. The van der Waals surface area contributed by atoms with Crippen LogP contribution in [0.1, 0.15) is 12.5 Å². The fourth-order valence-corrected chi connectivity index (χ4v) is 2.68. The van der Waals surface area contributed by atoms with Gasteiger partial charge in [-0.05, 0) is 31.2 Å². The maximum absolute atomic E-state index is 11.4. The molecule has 7 nitrogen and oxygen atoms in total. The van der Waals surface area contributed by atoms with Crippen LogP contribution in [0.4, 0.5) is 23.1 Å². The minimum Gasteiger partial charge on any atom is -0.383 e. The first-order chi connectivity index (χ1) is 11.5. The number of piperazine rings is 1. The van der Waals surface area contributed by atoms with E-state index in [2.05, 4.69) is 32.3 Å². The van der Waals surface area contributed by atoms with E-state index in [0.29, 0.717) is 11.8 Å². The molecule has 126 valence electrons. The highest BCUT2D eigenvalue weighted by atomic mass is 16.2. The number of hydrogen-bond donors (Lipinski definition) is 2. The van der Waals surface area contributed by atoms with Crippen molar-refractivity contribution in [3.8, 4) is 0 Å². The highest BCUT2D eigenvalue weighted by Crippen LogP contribution is 2.21. The largest absolute Gasteiger partial charge is 0.383 e. The first-order valence-electron chi connectivity index (χ1n) is 7.99. The van der Waals surface area contributed by atoms with Crippen LogP contribution >= 0.6 is 0 Å². The third-order valence-corrected chi connectivity index (χ3v) is 4.22. The molecule has 1 aromatic carbocycles. The number of carbonyl (C=O) groups excluding carboxylic acids is 1. The second kappa shape index (κ2) is 6.74. The van der Waals surface area contributed by atoms with E-state index in [1.54, 1.807) is 13.1 Å². The number of nitrogens with one attached hydrogen (secondary N) is 1. The van der Waals surface area contributed by atoms with Gasteiger partial charge in [-0.15, -0.1) is 0 Å². The molecule has 3 N–H and O–H groups in total. The molecule has 3 rings (SSSR count). The maximum atomic E-state index is 11.4. The highest BCUT2D eigenvalue weighted by molar-refractivity contribution is 5.73. The van der Waals surface area contributed by atoms with Gasteiger partial charge in [-0.25, -0.2) is 4.98 Å². The summed E-state index contributed by atoms with van der Waals surface area (Å²) in [5.41, 5.74) is 8.72. The first-order valence-corrected chi connectivity index (χ1v) is 7.99. The number of hydrogen-bond acceptors (Lipinski definition) is 6. The lowest BCUT2D eigenvalue weighted by molar-refractivity contribution is -0.129. The molecule has 1 amide bonds. The van der Waals surface area contributed by atoms with Gasteiger partial charge in [-0.3, -0.25) is 4.79 Å². The number of anilines is 4. The summed E-state index contributed by atoms with van der Waals surface area (Å²) in [6.07, 6.45) is 1.70. The van der Waals surface area contributed by atoms with Crippen molar-refractivity contribution >= 4 is 29.0 Å². The zero-order valence-electron chi connectivity index (χ0n) is 14.0. The van der Waals surface area contributed by atoms with E-state index in [1.807, 2.05) is 24.0 Å². The van der Waals surface area contributed by atoms with Gasteiger partial charge in [-0.1, -0.05) is 0 Å². The molecule has 0 atom stereocenters. The van der Waals surface area contributed by atoms with Crippen LogP contribution in [0.25, 0.3) is 0 Å². The van der Waals surface area contributed by atoms with Crippen molar-refractivity contribution in [2.75, 3.05) is 42.1 Å². The summed E-state index contributed by atoms with van der Waals surface area (Å²) in [6, 6.07) is 8.10. The number of rotatable bonds is 3. The molecule has 1 saturated heterocycles. The van der Waals surface area contributed by atoms with E-state index in [9.17, 15) is 4.79 Å². The fraction of sp³-hybridized carbons (Fsp3) is 0.353. The van der Waals surface area contributed by atoms with Crippen LogP contribution in [0.2, 0.25) is 0 Å². The molecule has 7 heteroatoms. The van der Waals surface area contributed by atoms with E-state index in [0.717, 1.165) is 43.1 Å². The lowest BCUT2D eigenvalue weighted by Gasteiger charge is -2.35. The second-order valence-electron chi connectivity index (χ2n) is 5.93. The molecule has 0 spiro atoms. The van der Waals surface area contributed by atoms with Gasteiger partial charge in [0.15, 0.2) is 0 Å². The molecule has 0 radical (unpaired) electrons. The molecular formula is C17H22N6O. The van der Waals surface area contributed by atoms with Crippen molar-refractivity contribution in [2.45, 2.75) is 13.8 Å². The third-order valence-electron chi connectivity index (χ3n) is 4.22. The summed E-state index contributed by atoms with van der Waals surface area (Å²) in [4.78, 5) is 24.0. The topological polar surface area (TPSA) is 87.4 Å². The number of nitrogen functional groups attached to an aromatic ring is 1. The Kier molecular flexibility index (Phi) is 4.50. The quantitative estimate of drug-likeness (QED) is 0.894. The summed E-state index contributed by atoms with van der Waals surface area (Å²) >= 11 is 0. The van der Waals surface area contributed by atoms with Crippen LogP contribution in [0.3, 0.4) is 0 Å². The third kappa shape index (κ3) is 3.56. The minimum atomic E-state index is 0.145. The number of nitrogens with two attached hydrogens (primary N) is 1. The molecule has 1 aromatic heterocycles. The fourth-order valence-electron chi connectivity index (χ4n) is 2.68. The highest BCUT2D eigenvalue weighted by Gasteiger charge is 2.18. The van der Waals surface area contributed by atoms with Gasteiger partial charge in [-0.2, -0.15) is 4.98 Å². The van der Waals surface area contributed by atoms with Crippen molar-refractivity contribution in [3.63, 3.8) is 0 Å². The summed E-state index contributed by atoms with van der Waals surface area (Å²) in [6.45, 7) is 6.74. The maximum Gasteiger partial charge on any atom is 0.229 e.